The second kappa shape index (κ2) is 8.71. The minimum atomic E-state index is -0.319. The molecule has 0 saturated carbocycles. The molecule has 0 aliphatic rings. The van der Waals surface area contributed by atoms with Crippen LogP contribution in [0.15, 0.2) is 54.6 Å². The van der Waals surface area contributed by atoms with Gasteiger partial charge < -0.3 is 10.6 Å². The Morgan fingerprint density at radius 3 is 2.36 bits per heavy atom. The van der Waals surface area contributed by atoms with Crippen LogP contribution in [-0.4, -0.2) is 28.6 Å². The normalized spacial score (nSPS) is 10.5. The van der Waals surface area contributed by atoms with Crippen molar-refractivity contribution in [2.24, 2.45) is 0 Å². The van der Waals surface area contributed by atoms with Gasteiger partial charge in [0.25, 0.3) is 5.91 Å². The molecule has 28 heavy (non-hydrogen) atoms. The standard InChI is InChI=1S/C21H21ClN4O2/c1-14-19(20(22)26(25-14)13-16-6-4-3-5-7-16)21(28)24-17-10-8-15(9-11-17)12-18(27)23-2/h3-11H,12-13H2,1-2H3,(H,23,27)(H,24,28). The Morgan fingerprint density at radius 1 is 1.04 bits per heavy atom. The van der Waals surface area contributed by atoms with Crippen molar-refractivity contribution in [1.82, 2.24) is 15.1 Å². The zero-order valence-corrected chi connectivity index (χ0v) is 16.5. The molecule has 0 saturated heterocycles. The fourth-order valence-corrected chi connectivity index (χ4v) is 3.17. The molecule has 2 aromatic carbocycles. The third-order valence-corrected chi connectivity index (χ3v) is 4.71. The van der Waals surface area contributed by atoms with Crippen LogP contribution >= 0.6 is 11.6 Å². The van der Waals surface area contributed by atoms with E-state index in [2.05, 4.69) is 15.7 Å². The van der Waals surface area contributed by atoms with Crippen LogP contribution in [0.4, 0.5) is 5.69 Å². The van der Waals surface area contributed by atoms with E-state index in [0.717, 1.165) is 11.1 Å². The second-order valence-electron chi connectivity index (χ2n) is 6.40. The van der Waals surface area contributed by atoms with Gasteiger partial charge in [0.2, 0.25) is 5.91 Å². The number of hydrogen-bond acceptors (Lipinski definition) is 3. The summed E-state index contributed by atoms with van der Waals surface area (Å²) < 4.78 is 1.62. The third kappa shape index (κ3) is 4.58. The van der Waals surface area contributed by atoms with Gasteiger partial charge in [0.15, 0.2) is 0 Å². The molecule has 2 N–H and O–H groups in total. The lowest BCUT2D eigenvalue weighted by Gasteiger charge is -2.07. The molecule has 6 nitrogen and oxygen atoms in total. The van der Waals surface area contributed by atoms with E-state index in [1.165, 1.54) is 0 Å². The second-order valence-corrected chi connectivity index (χ2v) is 6.75. The predicted molar refractivity (Wildman–Crippen MR) is 110 cm³/mol. The van der Waals surface area contributed by atoms with Crippen LogP contribution in [0.5, 0.6) is 0 Å². The van der Waals surface area contributed by atoms with Crippen LogP contribution in [0.1, 0.15) is 27.2 Å². The number of nitrogens with zero attached hydrogens (tertiary/aromatic N) is 2. The van der Waals surface area contributed by atoms with Gasteiger partial charge in [-0.3, -0.25) is 9.59 Å². The molecule has 1 heterocycles. The molecule has 0 aliphatic carbocycles. The van der Waals surface area contributed by atoms with Crippen molar-refractivity contribution in [2.75, 3.05) is 12.4 Å². The van der Waals surface area contributed by atoms with Gasteiger partial charge in [-0.15, -0.1) is 0 Å². The number of benzene rings is 2. The highest BCUT2D eigenvalue weighted by Gasteiger charge is 2.20. The number of carbonyl (C=O) groups excluding carboxylic acids is 2. The summed E-state index contributed by atoms with van der Waals surface area (Å²) in [6.45, 7) is 2.25. The molecule has 7 heteroatoms. The number of aryl methyl sites for hydroxylation is 1. The Bertz CT molecular complexity index is 982. The molecule has 3 rings (SSSR count). The van der Waals surface area contributed by atoms with Crippen molar-refractivity contribution in [3.8, 4) is 0 Å². The summed E-state index contributed by atoms with van der Waals surface area (Å²) in [5.41, 5.74) is 3.45. The van der Waals surface area contributed by atoms with Gasteiger partial charge in [0.05, 0.1) is 24.2 Å². The van der Waals surface area contributed by atoms with Crippen molar-refractivity contribution < 1.29 is 9.59 Å². The molecule has 2 amide bonds. The van der Waals surface area contributed by atoms with Crippen LogP contribution in [0.25, 0.3) is 0 Å². The maximum Gasteiger partial charge on any atom is 0.260 e. The van der Waals surface area contributed by atoms with E-state index in [0.29, 0.717) is 35.1 Å². The number of nitrogens with one attached hydrogen (secondary N) is 2. The van der Waals surface area contributed by atoms with Crippen molar-refractivity contribution in [3.05, 3.63) is 82.1 Å². The maximum absolute atomic E-state index is 12.7. The number of carbonyl (C=O) groups is 2. The number of rotatable bonds is 6. The maximum atomic E-state index is 12.7. The van der Waals surface area contributed by atoms with Gasteiger partial charge >= 0.3 is 0 Å². The van der Waals surface area contributed by atoms with Crippen LogP contribution < -0.4 is 10.6 Å². The highest BCUT2D eigenvalue weighted by molar-refractivity contribution is 6.33. The lowest BCUT2D eigenvalue weighted by atomic mass is 10.1. The number of halogens is 1. The van der Waals surface area contributed by atoms with Gasteiger partial charge in [-0.25, -0.2) is 4.68 Å². The minimum Gasteiger partial charge on any atom is -0.359 e. The highest BCUT2D eigenvalue weighted by Crippen LogP contribution is 2.22. The first kappa shape index (κ1) is 19.6. The smallest absolute Gasteiger partial charge is 0.260 e. The molecule has 0 aliphatic heterocycles. The summed E-state index contributed by atoms with van der Waals surface area (Å²) in [6, 6.07) is 16.9. The molecule has 0 fully saturated rings. The van der Waals surface area contributed by atoms with Crippen molar-refractivity contribution in [3.63, 3.8) is 0 Å². The van der Waals surface area contributed by atoms with E-state index < -0.39 is 0 Å². The molecule has 0 bridgehead atoms. The zero-order valence-electron chi connectivity index (χ0n) is 15.7. The zero-order chi connectivity index (χ0) is 20.1. The molecule has 3 aromatic rings. The average molecular weight is 397 g/mol. The summed E-state index contributed by atoms with van der Waals surface area (Å²) in [4.78, 5) is 24.1. The molecule has 144 valence electrons. The van der Waals surface area contributed by atoms with Gasteiger partial charge in [-0.2, -0.15) is 5.10 Å². The van der Waals surface area contributed by atoms with Gasteiger partial charge in [0.1, 0.15) is 5.15 Å². The number of aromatic nitrogens is 2. The molecular weight excluding hydrogens is 376 g/mol. The molecule has 0 unspecified atom stereocenters. The first-order valence-corrected chi connectivity index (χ1v) is 9.23. The number of anilines is 1. The lowest BCUT2D eigenvalue weighted by molar-refractivity contribution is -0.119. The average Bonchev–Trinajstić information content (AvgIpc) is 2.97. The van der Waals surface area contributed by atoms with Crippen molar-refractivity contribution >= 4 is 29.1 Å². The molecule has 0 atom stereocenters. The summed E-state index contributed by atoms with van der Waals surface area (Å²) in [5.74, 6) is -0.383. The quantitative estimate of drug-likeness (QED) is 0.670. The molecule has 0 radical (unpaired) electrons. The van der Waals surface area contributed by atoms with E-state index in [-0.39, 0.29) is 11.8 Å². The minimum absolute atomic E-state index is 0.0648. The third-order valence-electron chi connectivity index (χ3n) is 4.32. The Hall–Kier alpha value is -3.12. The van der Waals surface area contributed by atoms with E-state index in [1.54, 1.807) is 42.9 Å². The molecule has 0 spiro atoms. The SMILES string of the molecule is CNC(=O)Cc1ccc(NC(=O)c2c(C)nn(Cc3ccccc3)c2Cl)cc1. The van der Waals surface area contributed by atoms with E-state index in [1.807, 2.05) is 30.3 Å². The fourth-order valence-electron chi connectivity index (χ4n) is 2.85. The van der Waals surface area contributed by atoms with Gasteiger partial charge in [-0.1, -0.05) is 54.1 Å². The fraction of sp³-hybridized carbons (Fsp3) is 0.190. The monoisotopic (exact) mass is 396 g/mol. The van der Waals surface area contributed by atoms with Crippen LogP contribution in [0, 0.1) is 6.92 Å². The highest BCUT2D eigenvalue weighted by atomic mass is 35.5. The summed E-state index contributed by atoms with van der Waals surface area (Å²) in [7, 11) is 1.60. The van der Waals surface area contributed by atoms with Crippen molar-refractivity contribution in [1.29, 1.82) is 0 Å². The topological polar surface area (TPSA) is 76.0 Å². The van der Waals surface area contributed by atoms with Crippen molar-refractivity contribution in [2.45, 2.75) is 19.9 Å². The first-order chi connectivity index (χ1) is 13.5. The summed E-state index contributed by atoms with van der Waals surface area (Å²) >= 11 is 6.43. The van der Waals surface area contributed by atoms with E-state index in [9.17, 15) is 9.59 Å². The van der Waals surface area contributed by atoms with Crippen LogP contribution in [0.3, 0.4) is 0 Å². The Labute approximate surface area is 168 Å². The van der Waals surface area contributed by atoms with Gasteiger partial charge in [0, 0.05) is 12.7 Å². The number of amides is 2. The van der Waals surface area contributed by atoms with Gasteiger partial charge in [-0.05, 0) is 30.2 Å². The predicted octanol–water partition coefficient (Wildman–Crippen LogP) is 3.43. The van der Waals surface area contributed by atoms with Crippen LogP contribution in [0.2, 0.25) is 5.15 Å². The summed E-state index contributed by atoms with van der Waals surface area (Å²) in [6.07, 6.45) is 0.294. The first-order valence-electron chi connectivity index (χ1n) is 8.85. The van der Waals surface area contributed by atoms with Crippen LogP contribution in [-0.2, 0) is 17.8 Å². The summed E-state index contributed by atoms with van der Waals surface area (Å²) in [5, 5.41) is 10.1. The Kier molecular flexibility index (Phi) is 6.11. The molecular formula is C21H21ClN4O2. The lowest BCUT2D eigenvalue weighted by Crippen LogP contribution is -2.19. The number of hydrogen-bond donors (Lipinski definition) is 2. The largest absolute Gasteiger partial charge is 0.359 e. The van der Waals surface area contributed by atoms with E-state index in [4.69, 9.17) is 11.6 Å². The Balaban J connectivity index is 1.73. The number of likely N-dealkylation sites (N-methyl/N-ethyl adjacent to an activating group) is 1. The van der Waals surface area contributed by atoms with E-state index >= 15 is 0 Å². The molecule has 1 aromatic heterocycles. The Morgan fingerprint density at radius 2 is 1.71 bits per heavy atom.